The van der Waals surface area contributed by atoms with Gasteiger partial charge in [-0.25, -0.2) is 4.57 Å². The Morgan fingerprint density at radius 2 is 1.47 bits per heavy atom. The van der Waals surface area contributed by atoms with Crippen molar-refractivity contribution in [1.29, 1.82) is 0 Å². The molecule has 0 aliphatic heterocycles. The molecule has 1 unspecified atom stereocenters. The minimum atomic E-state index is -3.61. The molecule has 0 spiro atoms. The Hall–Kier alpha value is -1.06. The van der Waals surface area contributed by atoms with Crippen LogP contribution >= 0.6 is 18.2 Å². The second-order valence-electron chi connectivity index (χ2n) is 3.99. The van der Waals surface area contributed by atoms with Gasteiger partial charge in [-0.1, -0.05) is 60.7 Å². The molecule has 0 saturated heterocycles. The zero-order valence-corrected chi connectivity index (χ0v) is 12.0. The largest absolute Gasteiger partial charge is 0.387 e. The highest BCUT2D eigenvalue weighted by Gasteiger charge is 2.20. The van der Waals surface area contributed by atoms with Crippen molar-refractivity contribution in [2.45, 2.75) is 12.4 Å². The molecule has 0 bridgehead atoms. The molecule has 1 atom stereocenters. The van der Waals surface area contributed by atoms with E-state index in [0.29, 0.717) is 5.75 Å². The molecule has 0 amide bonds. The molecule has 2 rings (SSSR count). The van der Waals surface area contributed by atoms with Gasteiger partial charge in [0.1, 0.15) is 0 Å². The normalized spacial score (nSPS) is 13.9. The third-order valence-electron chi connectivity index (χ3n) is 2.47. The quantitative estimate of drug-likeness (QED) is 0.810. The fourth-order valence-electron chi connectivity index (χ4n) is 1.50. The van der Waals surface area contributed by atoms with Crippen LogP contribution in [0.25, 0.3) is 0 Å². The maximum absolute atomic E-state index is 11.9. The fraction of sp³-hybridized carbons (Fsp3) is 0.143. The summed E-state index contributed by atoms with van der Waals surface area (Å²) in [6, 6.07) is 18.9. The molecule has 0 aliphatic carbocycles. The van der Waals surface area contributed by atoms with Gasteiger partial charge in [-0.05, 0) is 22.5 Å². The first-order valence-electron chi connectivity index (χ1n) is 5.85. The lowest BCUT2D eigenvalue weighted by atomic mass is 10.2. The van der Waals surface area contributed by atoms with Crippen LogP contribution in [0.15, 0.2) is 60.7 Å². The summed E-state index contributed by atoms with van der Waals surface area (Å²) in [6.45, 7) is -3.46. The first kappa shape index (κ1) is 14.4. The van der Waals surface area contributed by atoms with Crippen LogP contribution < -0.4 is 0 Å². The number of hydrogen-bond donors (Lipinski definition) is 1. The van der Waals surface area contributed by atoms with Crippen molar-refractivity contribution in [2.75, 3.05) is 0 Å². The molecule has 0 aliphatic rings. The van der Waals surface area contributed by atoms with Crippen molar-refractivity contribution in [3.63, 3.8) is 0 Å². The maximum Gasteiger partial charge on any atom is 0.387 e. The van der Waals surface area contributed by atoms with Crippen LogP contribution in [0.5, 0.6) is 0 Å². The third-order valence-corrected chi connectivity index (χ3v) is 5.40. The lowest BCUT2D eigenvalue weighted by Gasteiger charge is -2.11. The zero-order chi connectivity index (χ0) is 13.6. The first-order valence-corrected chi connectivity index (χ1v) is 9.02. The van der Waals surface area contributed by atoms with Gasteiger partial charge in [-0.3, -0.25) is 4.52 Å². The molecule has 2 aromatic rings. The van der Waals surface area contributed by atoms with Gasteiger partial charge in [0.25, 0.3) is 0 Å². The molecule has 0 saturated carbocycles. The van der Waals surface area contributed by atoms with Crippen molar-refractivity contribution in [1.82, 2.24) is 0 Å². The second-order valence-corrected chi connectivity index (χ2v) is 7.89. The van der Waals surface area contributed by atoms with E-state index in [1.54, 1.807) is 0 Å². The molecule has 5 heteroatoms. The van der Waals surface area contributed by atoms with Crippen molar-refractivity contribution in [3.05, 3.63) is 71.8 Å². The Labute approximate surface area is 116 Å². The standard InChI is InChI=1S/C14H15O3PS/c15-18(16,17-11-13-7-3-1-4-8-13)19-12-14-9-5-2-6-10-14/h1-10H,11-12H2,(H,15,16). The Morgan fingerprint density at radius 1 is 0.947 bits per heavy atom. The lowest BCUT2D eigenvalue weighted by molar-refractivity contribution is 0.266. The predicted octanol–water partition coefficient (Wildman–Crippen LogP) is 4.24. The van der Waals surface area contributed by atoms with Crippen molar-refractivity contribution < 1.29 is 14.0 Å². The van der Waals surface area contributed by atoms with Gasteiger partial charge < -0.3 is 4.89 Å². The van der Waals surface area contributed by atoms with Crippen molar-refractivity contribution in [2.24, 2.45) is 0 Å². The van der Waals surface area contributed by atoms with E-state index in [0.717, 1.165) is 22.5 Å². The first-order chi connectivity index (χ1) is 9.16. The Bertz CT molecular complexity index is 498. The van der Waals surface area contributed by atoms with Gasteiger partial charge in [-0.15, -0.1) is 0 Å². The third kappa shape index (κ3) is 5.21. The molecule has 2 aromatic carbocycles. The molecule has 0 heterocycles. The molecule has 0 fully saturated rings. The predicted molar refractivity (Wildman–Crippen MR) is 78.8 cm³/mol. The van der Waals surface area contributed by atoms with E-state index >= 15 is 0 Å². The summed E-state index contributed by atoms with van der Waals surface area (Å²) < 4.78 is 17.0. The summed E-state index contributed by atoms with van der Waals surface area (Å²) in [4.78, 5) is 9.73. The molecular weight excluding hydrogens is 279 g/mol. The summed E-state index contributed by atoms with van der Waals surface area (Å²) in [5, 5.41) is 0. The highest BCUT2D eigenvalue weighted by atomic mass is 32.7. The van der Waals surface area contributed by atoms with Crippen LogP contribution in [0, 0.1) is 0 Å². The van der Waals surface area contributed by atoms with E-state index < -0.39 is 6.80 Å². The van der Waals surface area contributed by atoms with Crippen LogP contribution in [0.1, 0.15) is 11.1 Å². The Kier molecular flexibility index (Phi) is 5.23. The summed E-state index contributed by atoms with van der Waals surface area (Å²) in [7, 11) is 0. The number of rotatable bonds is 6. The highest BCUT2D eigenvalue weighted by Crippen LogP contribution is 2.57. The van der Waals surface area contributed by atoms with Crippen LogP contribution in [-0.4, -0.2) is 4.89 Å². The van der Waals surface area contributed by atoms with E-state index in [-0.39, 0.29) is 6.61 Å². The molecule has 100 valence electrons. The minimum Gasteiger partial charge on any atom is -0.316 e. The SMILES string of the molecule is O=P(O)(OCc1ccccc1)SCc1ccccc1. The topological polar surface area (TPSA) is 46.5 Å². The average molecular weight is 294 g/mol. The van der Waals surface area contributed by atoms with Crippen LogP contribution in [0.2, 0.25) is 0 Å². The zero-order valence-electron chi connectivity index (χ0n) is 10.3. The summed E-state index contributed by atoms with van der Waals surface area (Å²) in [5.41, 5.74) is 1.89. The van der Waals surface area contributed by atoms with Crippen LogP contribution in [0.4, 0.5) is 0 Å². The average Bonchev–Trinajstić information content (AvgIpc) is 2.46. The van der Waals surface area contributed by atoms with E-state index in [2.05, 4.69) is 0 Å². The van der Waals surface area contributed by atoms with Gasteiger partial charge in [0, 0.05) is 5.75 Å². The lowest BCUT2D eigenvalue weighted by Crippen LogP contribution is -1.89. The summed E-state index contributed by atoms with van der Waals surface area (Å²) >= 11 is 0.940. The van der Waals surface area contributed by atoms with E-state index in [4.69, 9.17) is 4.52 Å². The monoisotopic (exact) mass is 294 g/mol. The second kappa shape index (κ2) is 6.92. The van der Waals surface area contributed by atoms with Crippen LogP contribution in [0.3, 0.4) is 0 Å². The summed E-state index contributed by atoms with van der Waals surface area (Å²) in [6.07, 6.45) is 0. The van der Waals surface area contributed by atoms with E-state index in [9.17, 15) is 9.46 Å². The Morgan fingerprint density at radius 3 is 2.05 bits per heavy atom. The summed E-state index contributed by atoms with van der Waals surface area (Å²) in [5.74, 6) is 0.462. The molecule has 0 aromatic heterocycles. The molecule has 19 heavy (non-hydrogen) atoms. The molecular formula is C14H15O3PS. The van der Waals surface area contributed by atoms with Gasteiger partial charge >= 0.3 is 6.80 Å². The molecule has 1 N–H and O–H groups in total. The number of benzene rings is 2. The Balaban J connectivity index is 1.84. The van der Waals surface area contributed by atoms with Gasteiger partial charge in [0.15, 0.2) is 0 Å². The molecule has 3 nitrogen and oxygen atoms in total. The smallest absolute Gasteiger partial charge is 0.316 e. The van der Waals surface area contributed by atoms with Gasteiger partial charge in [0.2, 0.25) is 0 Å². The fourth-order valence-corrected chi connectivity index (χ4v) is 3.71. The number of hydrogen-bond acceptors (Lipinski definition) is 3. The maximum atomic E-state index is 11.9. The molecule has 0 radical (unpaired) electrons. The van der Waals surface area contributed by atoms with E-state index in [1.807, 2.05) is 60.7 Å². The van der Waals surface area contributed by atoms with Crippen molar-refractivity contribution in [3.8, 4) is 0 Å². The minimum absolute atomic E-state index is 0.149. The highest BCUT2D eigenvalue weighted by molar-refractivity contribution is 8.54. The van der Waals surface area contributed by atoms with Gasteiger partial charge in [0.05, 0.1) is 6.61 Å². The van der Waals surface area contributed by atoms with Crippen molar-refractivity contribution >= 4 is 18.2 Å². The van der Waals surface area contributed by atoms with E-state index in [1.165, 1.54) is 0 Å². The van der Waals surface area contributed by atoms with Gasteiger partial charge in [-0.2, -0.15) is 0 Å². The van der Waals surface area contributed by atoms with Crippen LogP contribution in [-0.2, 0) is 21.4 Å².